The first-order chi connectivity index (χ1) is 11.4. The number of amides is 1. The number of carboxylic acids is 1. The fourth-order valence-corrected chi connectivity index (χ4v) is 2.11. The van der Waals surface area contributed by atoms with Gasteiger partial charge in [-0.05, 0) is 30.3 Å². The zero-order chi connectivity index (χ0) is 17.7. The monoisotopic (exact) mass is 346 g/mol. The first-order valence-corrected chi connectivity index (χ1v) is 7.01. The number of carboxylic acid groups (broad SMARTS) is 1. The molecule has 0 saturated heterocycles. The zero-order valence-corrected chi connectivity index (χ0v) is 12.9. The molecule has 0 aliphatic rings. The van der Waals surface area contributed by atoms with E-state index in [1.54, 1.807) is 6.07 Å². The third kappa shape index (κ3) is 4.17. The fraction of sp³-hybridized carbons (Fsp3) is 0. The summed E-state index contributed by atoms with van der Waals surface area (Å²) in [5, 5.41) is 22.6. The van der Waals surface area contributed by atoms with Gasteiger partial charge in [0.25, 0.3) is 5.69 Å². The summed E-state index contributed by atoms with van der Waals surface area (Å²) >= 11 is 5.73. The van der Waals surface area contributed by atoms with E-state index in [1.165, 1.54) is 42.5 Å². The second-order valence-corrected chi connectivity index (χ2v) is 5.07. The van der Waals surface area contributed by atoms with Crippen molar-refractivity contribution in [2.75, 3.05) is 5.32 Å². The number of para-hydroxylation sites is 1. The molecule has 0 unspecified atom stereocenters. The third-order valence-corrected chi connectivity index (χ3v) is 3.25. The molecule has 2 aromatic rings. The first-order valence-electron chi connectivity index (χ1n) is 6.64. The number of rotatable bonds is 5. The molecule has 0 bridgehead atoms. The van der Waals surface area contributed by atoms with Gasteiger partial charge in [-0.3, -0.25) is 14.9 Å². The van der Waals surface area contributed by atoms with Crippen LogP contribution in [0.5, 0.6) is 0 Å². The molecule has 0 heterocycles. The number of nitro groups is 1. The van der Waals surface area contributed by atoms with Gasteiger partial charge in [0.1, 0.15) is 0 Å². The van der Waals surface area contributed by atoms with E-state index in [4.69, 9.17) is 16.7 Å². The lowest BCUT2D eigenvalue weighted by Crippen LogP contribution is -2.12. The van der Waals surface area contributed by atoms with Crippen LogP contribution in [0.3, 0.4) is 0 Å². The van der Waals surface area contributed by atoms with Gasteiger partial charge in [-0.2, -0.15) is 0 Å². The van der Waals surface area contributed by atoms with E-state index in [0.29, 0.717) is 0 Å². The number of aromatic carboxylic acids is 1. The predicted molar refractivity (Wildman–Crippen MR) is 89.2 cm³/mol. The molecular formula is C16H11ClN2O5. The fourth-order valence-electron chi connectivity index (χ4n) is 1.94. The number of nitro benzene ring substituents is 1. The molecule has 8 heteroatoms. The number of carbonyl (C=O) groups is 2. The minimum Gasteiger partial charge on any atom is -0.478 e. The first kappa shape index (κ1) is 17.2. The second kappa shape index (κ2) is 7.38. The van der Waals surface area contributed by atoms with E-state index in [2.05, 4.69) is 5.32 Å². The van der Waals surface area contributed by atoms with Crippen LogP contribution in [0.2, 0.25) is 5.02 Å². The van der Waals surface area contributed by atoms with Crippen LogP contribution >= 0.6 is 11.6 Å². The Morgan fingerprint density at radius 2 is 1.92 bits per heavy atom. The summed E-state index contributed by atoms with van der Waals surface area (Å²) in [6, 6.07) is 9.95. The molecule has 122 valence electrons. The van der Waals surface area contributed by atoms with Crippen molar-refractivity contribution in [1.29, 1.82) is 0 Å². The van der Waals surface area contributed by atoms with Crippen molar-refractivity contribution in [2.24, 2.45) is 0 Å². The third-order valence-electron chi connectivity index (χ3n) is 3.02. The number of halogens is 1. The van der Waals surface area contributed by atoms with Crippen LogP contribution in [0.25, 0.3) is 6.08 Å². The highest BCUT2D eigenvalue weighted by Gasteiger charge is 2.13. The molecule has 0 aliphatic carbocycles. The average Bonchev–Trinajstić information content (AvgIpc) is 2.54. The lowest BCUT2D eigenvalue weighted by Gasteiger charge is -2.06. The van der Waals surface area contributed by atoms with Crippen molar-refractivity contribution in [2.45, 2.75) is 0 Å². The Hall–Kier alpha value is -3.19. The van der Waals surface area contributed by atoms with Crippen LogP contribution in [0.4, 0.5) is 11.4 Å². The molecule has 24 heavy (non-hydrogen) atoms. The van der Waals surface area contributed by atoms with Crippen molar-refractivity contribution in [1.82, 2.24) is 0 Å². The van der Waals surface area contributed by atoms with Crippen LogP contribution in [0, 0.1) is 10.1 Å². The number of carbonyl (C=O) groups excluding carboxylic acids is 1. The van der Waals surface area contributed by atoms with Gasteiger partial charge >= 0.3 is 5.97 Å². The highest BCUT2D eigenvalue weighted by Crippen LogP contribution is 2.22. The standard InChI is InChI=1S/C16H11ClN2O5/c17-11-6-7-13(12(9-11)16(21)22)18-15(20)8-5-10-3-1-2-4-14(10)19(23)24/h1-9H,(H,18,20)(H,21,22)/b8-5+. The summed E-state index contributed by atoms with van der Waals surface area (Å²) < 4.78 is 0. The maximum Gasteiger partial charge on any atom is 0.337 e. The van der Waals surface area contributed by atoms with Crippen molar-refractivity contribution in [3.63, 3.8) is 0 Å². The van der Waals surface area contributed by atoms with Gasteiger partial charge in [-0.25, -0.2) is 4.79 Å². The average molecular weight is 347 g/mol. The van der Waals surface area contributed by atoms with Crippen molar-refractivity contribution in [3.8, 4) is 0 Å². The summed E-state index contributed by atoms with van der Waals surface area (Å²) in [6.45, 7) is 0. The van der Waals surface area contributed by atoms with Gasteiger partial charge in [-0.15, -0.1) is 0 Å². The molecule has 7 nitrogen and oxygen atoms in total. The Labute approximate surface area is 141 Å². The van der Waals surface area contributed by atoms with Crippen LogP contribution in [0.15, 0.2) is 48.5 Å². The van der Waals surface area contributed by atoms with Gasteiger partial charge < -0.3 is 10.4 Å². The maximum absolute atomic E-state index is 11.9. The molecule has 2 aromatic carbocycles. The Balaban J connectivity index is 2.21. The predicted octanol–water partition coefficient (Wildman–Crippen LogP) is 3.60. The molecule has 2 rings (SSSR count). The maximum atomic E-state index is 11.9. The molecule has 2 N–H and O–H groups in total. The van der Waals surface area contributed by atoms with Crippen molar-refractivity contribution >= 4 is 40.9 Å². The quantitative estimate of drug-likeness (QED) is 0.488. The van der Waals surface area contributed by atoms with Crippen LogP contribution in [-0.4, -0.2) is 21.9 Å². The topological polar surface area (TPSA) is 110 Å². The Bertz CT molecular complexity index is 848. The van der Waals surface area contributed by atoms with Crippen molar-refractivity contribution < 1.29 is 19.6 Å². The summed E-state index contributed by atoms with van der Waals surface area (Å²) in [4.78, 5) is 33.4. The van der Waals surface area contributed by atoms with Gasteiger partial charge in [0.15, 0.2) is 0 Å². The van der Waals surface area contributed by atoms with E-state index in [0.717, 1.165) is 6.08 Å². The number of hydrogen-bond donors (Lipinski definition) is 2. The van der Waals surface area contributed by atoms with Gasteiger partial charge in [0.2, 0.25) is 5.91 Å². The minimum atomic E-state index is -1.24. The number of benzene rings is 2. The highest BCUT2D eigenvalue weighted by atomic mass is 35.5. The van der Waals surface area contributed by atoms with Gasteiger partial charge in [0, 0.05) is 17.2 Å². The van der Waals surface area contributed by atoms with Crippen LogP contribution in [-0.2, 0) is 4.79 Å². The number of nitrogens with one attached hydrogen (secondary N) is 1. The van der Waals surface area contributed by atoms with E-state index >= 15 is 0 Å². The molecule has 0 saturated carbocycles. The SMILES string of the molecule is O=C(/C=C/c1ccccc1[N+](=O)[O-])Nc1ccc(Cl)cc1C(=O)O. The van der Waals surface area contributed by atoms with Gasteiger partial charge in [-0.1, -0.05) is 23.7 Å². The number of hydrogen-bond acceptors (Lipinski definition) is 4. The van der Waals surface area contributed by atoms with E-state index in [1.807, 2.05) is 0 Å². The number of anilines is 1. The molecule has 0 radical (unpaired) electrons. The normalized spacial score (nSPS) is 10.5. The van der Waals surface area contributed by atoms with E-state index < -0.39 is 16.8 Å². The lowest BCUT2D eigenvalue weighted by atomic mass is 10.1. The summed E-state index contributed by atoms with van der Waals surface area (Å²) in [7, 11) is 0. The van der Waals surface area contributed by atoms with E-state index in [-0.39, 0.29) is 27.5 Å². The summed E-state index contributed by atoms with van der Waals surface area (Å²) in [5.74, 6) is -1.87. The van der Waals surface area contributed by atoms with Crippen molar-refractivity contribution in [3.05, 3.63) is 74.8 Å². The molecule has 1 amide bonds. The zero-order valence-electron chi connectivity index (χ0n) is 12.1. The summed E-state index contributed by atoms with van der Waals surface area (Å²) in [5.41, 5.74) is 0.0329. The summed E-state index contributed by atoms with van der Waals surface area (Å²) in [6.07, 6.45) is 2.37. The molecule has 0 fully saturated rings. The second-order valence-electron chi connectivity index (χ2n) is 4.63. The molecule has 0 spiro atoms. The molecule has 0 atom stereocenters. The number of nitrogens with zero attached hydrogens (tertiary/aromatic N) is 1. The smallest absolute Gasteiger partial charge is 0.337 e. The van der Waals surface area contributed by atoms with Gasteiger partial charge in [0.05, 0.1) is 21.7 Å². The largest absolute Gasteiger partial charge is 0.478 e. The highest BCUT2D eigenvalue weighted by molar-refractivity contribution is 6.31. The van der Waals surface area contributed by atoms with Crippen LogP contribution < -0.4 is 5.32 Å². The molecular weight excluding hydrogens is 336 g/mol. The molecule has 0 aliphatic heterocycles. The Morgan fingerprint density at radius 3 is 2.58 bits per heavy atom. The minimum absolute atomic E-state index is 0.0733. The van der Waals surface area contributed by atoms with E-state index in [9.17, 15) is 19.7 Å². The van der Waals surface area contributed by atoms with Crippen LogP contribution in [0.1, 0.15) is 15.9 Å². The molecule has 0 aromatic heterocycles. The Kier molecular flexibility index (Phi) is 5.28. The Morgan fingerprint density at radius 1 is 1.21 bits per heavy atom. The lowest BCUT2D eigenvalue weighted by molar-refractivity contribution is -0.385.